The van der Waals surface area contributed by atoms with E-state index in [1.165, 1.54) is 44.9 Å². The first-order valence-electron chi connectivity index (χ1n) is 14.7. The Bertz CT molecular complexity index is 887. The Kier molecular flexibility index (Phi) is 6.17. The van der Waals surface area contributed by atoms with Crippen molar-refractivity contribution >= 4 is 5.97 Å². The minimum absolute atomic E-state index is 0.00134. The number of carbonyl (C=O) groups is 1. The number of nitrogens with one attached hydrogen (secondary N) is 1. The highest BCUT2D eigenvalue weighted by Gasteiger charge is 2.59. The van der Waals surface area contributed by atoms with Gasteiger partial charge in [-0.3, -0.25) is 4.79 Å². The molecule has 3 saturated carbocycles. The summed E-state index contributed by atoms with van der Waals surface area (Å²) in [5, 5.41) is 3.86. The molecule has 0 aromatic heterocycles. The molecule has 1 unspecified atom stereocenters. The van der Waals surface area contributed by atoms with Crippen molar-refractivity contribution in [3.63, 3.8) is 0 Å². The second-order valence-corrected chi connectivity index (χ2v) is 13.8. The Morgan fingerprint density at radius 2 is 2.00 bits per heavy atom. The number of piperidine rings is 1. The van der Waals surface area contributed by atoms with Crippen LogP contribution in [0.4, 0.5) is 0 Å². The molecule has 0 aromatic carbocycles. The van der Waals surface area contributed by atoms with Crippen LogP contribution in [-0.2, 0) is 14.3 Å². The van der Waals surface area contributed by atoms with Crippen molar-refractivity contribution in [3.8, 4) is 0 Å². The number of hydrogen-bond donors (Lipinski definition) is 2. The predicted molar refractivity (Wildman–Crippen MR) is 138 cm³/mol. The minimum Gasteiger partial charge on any atom is -0.461 e. The Morgan fingerprint density at radius 1 is 1.17 bits per heavy atom. The molecule has 0 aromatic rings. The zero-order chi connectivity index (χ0) is 24.5. The minimum atomic E-state index is -0.238. The summed E-state index contributed by atoms with van der Waals surface area (Å²) in [7, 11) is 0. The van der Waals surface area contributed by atoms with Gasteiger partial charge in [-0.25, -0.2) is 0 Å². The number of rotatable bonds is 2. The molecule has 2 saturated heterocycles. The number of carbonyl (C=O) groups excluding carboxylic acids is 1. The van der Waals surface area contributed by atoms with E-state index in [4.69, 9.17) is 15.2 Å². The fraction of sp³-hybridized carbons (Fsp3) is 0.900. The molecule has 196 valence electrons. The van der Waals surface area contributed by atoms with Crippen LogP contribution >= 0.6 is 0 Å². The Labute approximate surface area is 212 Å². The van der Waals surface area contributed by atoms with Crippen molar-refractivity contribution in [1.29, 1.82) is 0 Å². The molecule has 6 aliphatic rings. The van der Waals surface area contributed by atoms with E-state index in [1.54, 1.807) is 5.57 Å². The summed E-state index contributed by atoms with van der Waals surface area (Å²) in [6, 6.07) is 0.535. The molecular weight excluding hydrogens is 436 g/mol. The van der Waals surface area contributed by atoms with Crippen LogP contribution in [0.15, 0.2) is 11.1 Å². The van der Waals surface area contributed by atoms with E-state index in [1.807, 2.05) is 5.57 Å². The normalized spacial score (nSPS) is 51.3. The first-order chi connectivity index (χ1) is 16.7. The van der Waals surface area contributed by atoms with Gasteiger partial charge >= 0.3 is 5.97 Å². The van der Waals surface area contributed by atoms with E-state index in [2.05, 4.69) is 33.0 Å². The maximum Gasteiger partial charge on any atom is 0.319 e. The standard InChI is InChI=1S/C30H48N2O3/c1-17-11-26-28(32-16-17)19(3)30(35-26)10-8-22-23-6-5-20-12-21(34-27(33)15-31)7-9-29(20,4)25(23)13-24(22)18(2)14-30/h17,19-23,25-26,28,32H,5-16,31H2,1-4H3/t17-,19+,20+,21+,22-,23-,25-,26+,28?,29-,30-/m0/s1. The van der Waals surface area contributed by atoms with Crippen LogP contribution in [0.5, 0.6) is 0 Å². The van der Waals surface area contributed by atoms with Crippen LogP contribution in [-0.4, -0.2) is 42.9 Å². The number of nitrogens with two attached hydrogens (primary N) is 1. The third-order valence-electron chi connectivity index (χ3n) is 12.0. The van der Waals surface area contributed by atoms with Crippen LogP contribution in [0, 0.1) is 40.9 Å². The second-order valence-electron chi connectivity index (χ2n) is 13.8. The molecule has 0 amide bonds. The highest BCUT2D eigenvalue weighted by atomic mass is 16.5. The highest BCUT2D eigenvalue weighted by Crippen LogP contribution is 2.65. The van der Waals surface area contributed by atoms with Crippen molar-refractivity contribution < 1.29 is 14.3 Å². The SMILES string of the molecule is CC1=C2C[C@H]3[C@@H](CC[C@@H]4C[C@H](OC(=O)CN)CC[C@@]43C)[C@@H]2CC[C@@]2(C1)O[C@@H]1C[C@H](C)CNC1[C@H]2C. The maximum atomic E-state index is 11.8. The van der Waals surface area contributed by atoms with Gasteiger partial charge in [0.25, 0.3) is 0 Å². The quantitative estimate of drug-likeness (QED) is 0.427. The van der Waals surface area contributed by atoms with Gasteiger partial charge < -0.3 is 20.5 Å². The van der Waals surface area contributed by atoms with Gasteiger partial charge in [-0.2, -0.15) is 0 Å². The maximum absolute atomic E-state index is 11.8. The van der Waals surface area contributed by atoms with E-state index in [-0.39, 0.29) is 24.2 Å². The number of esters is 1. The zero-order valence-corrected chi connectivity index (χ0v) is 22.5. The van der Waals surface area contributed by atoms with Crippen molar-refractivity contribution in [2.45, 2.75) is 116 Å². The van der Waals surface area contributed by atoms with Crippen LogP contribution in [0.1, 0.15) is 91.9 Å². The lowest BCUT2D eigenvalue weighted by molar-refractivity contribution is -0.155. The molecule has 5 heteroatoms. The van der Waals surface area contributed by atoms with E-state index in [0.717, 1.165) is 43.6 Å². The number of allylic oxidation sites excluding steroid dienone is 1. The third-order valence-corrected chi connectivity index (χ3v) is 12.0. The molecular formula is C30H48N2O3. The summed E-state index contributed by atoms with van der Waals surface area (Å²) in [4.78, 5) is 11.8. The lowest BCUT2D eigenvalue weighted by Crippen LogP contribution is -2.49. The van der Waals surface area contributed by atoms with Gasteiger partial charge in [0.15, 0.2) is 0 Å². The summed E-state index contributed by atoms with van der Waals surface area (Å²) >= 11 is 0. The Balaban J connectivity index is 1.21. The molecule has 35 heavy (non-hydrogen) atoms. The van der Waals surface area contributed by atoms with Crippen molar-refractivity contribution in [2.24, 2.45) is 46.7 Å². The molecule has 5 fully saturated rings. The fourth-order valence-electron chi connectivity index (χ4n) is 10.1. The average molecular weight is 485 g/mol. The van der Waals surface area contributed by atoms with Crippen molar-refractivity contribution in [2.75, 3.05) is 13.1 Å². The topological polar surface area (TPSA) is 73.6 Å². The van der Waals surface area contributed by atoms with Crippen LogP contribution in [0.25, 0.3) is 0 Å². The second kappa shape index (κ2) is 8.84. The Hall–Kier alpha value is -0.910. The van der Waals surface area contributed by atoms with Crippen molar-refractivity contribution in [3.05, 3.63) is 11.1 Å². The molecule has 1 spiro atoms. The van der Waals surface area contributed by atoms with Gasteiger partial charge in [0.05, 0.1) is 18.2 Å². The van der Waals surface area contributed by atoms with Gasteiger partial charge in [-0.05, 0) is 113 Å². The molecule has 6 rings (SSSR count). The van der Waals surface area contributed by atoms with Crippen molar-refractivity contribution in [1.82, 2.24) is 5.32 Å². The van der Waals surface area contributed by atoms with Gasteiger partial charge in [-0.15, -0.1) is 0 Å². The predicted octanol–water partition coefficient (Wildman–Crippen LogP) is 4.98. The van der Waals surface area contributed by atoms with Gasteiger partial charge in [0.2, 0.25) is 0 Å². The lowest BCUT2D eigenvalue weighted by atomic mass is 9.52. The molecule has 0 bridgehead atoms. The first-order valence-corrected chi connectivity index (χ1v) is 14.7. The molecule has 5 nitrogen and oxygen atoms in total. The zero-order valence-electron chi connectivity index (χ0n) is 22.5. The van der Waals surface area contributed by atoms with Crippen LogP contribution in [0.3, 0.4) is 0 Å². The van der Waals surface area contributed by atoms with Crippen LogP contribution in [0.2, 0.25) is 0 Å². The summed E-state index contributed by atoms with van der Waals surface area (Å²) in [6.45, 7) is 11.0. The largest absolute Gasteiger partial charge is 0.461 e. The lowest BCUT2D eigenvalue weighted by Gasteiger charge is -2.54. The molecule has 11 atom stereocenters. The smallest absolute Gasteiger partial charge is 0.319 e. The summed E-state index contributed by atoms with van der Waals surface area (Å²) in [5.41, 5.74) is 9.40. The van der Waals surface area contributed by atoms with Gasteiger partial charge in [-0.1, -0.05) is 31.9 Å². The molecule has 3 N–H and O–H groups in total. The molecule has 2 heterocycles. The third kappa shape index (κ3) is 3.85. The van der Waals surface area contributed by atoms with E-state index in [9.17, 15) is 4.79 Å². The highest BCUT2D eigenvalue weighted by molar-refractivity contribution is 5.71. The van der Waals surface area contributed by atoms with E-state index < -0.39 is 0 Å². The Morgan fingerprint density at radius 3 is 2.80 bits per heavy atom. The summed E-state index contributed by atoms with van der Waals surface area (Å²) < 4.78 is 12.7. The average Bonchev–Trinajstić information content (AvgIpc) is 3.29. The summed E-state index contributed by atoms with van der Waals surface area (Å²) in [5.74, 6) is 4.13. The van der Waals surface area contributed by atoms with E-state index >= 15 is 0 Å². The fourth-order valence-corrected chi connectivity index (χ4v) is 10.1. The summed E-state index contributed by atoms with van der Waals surface area (Å²) in [6.07, 6.45) is 12.5. The number of hydrogen-bond acceptors (Lipinski definition) is 5. The first kappa shape index (κ1) is 24.4. The molecule has 0 radical (unpaired) electrons. The number of fused-ring (bicyclic) bond motifs is 6. The number of ether oxygens (including phenoxy) is 2. The van der Waals surface area contributed by atoms with Crippen LogP contribution < -0.4 is 11.1 Å². The van der Waals surface area contributed by atoms with Gasteiger partial charge in [0, 0.05) is 12.0 Å². The molecule has 4 aliphatic carbocycles. The van der Waals surface area contributed by atoms with Gasteiger partial charge in [0.1, 0.15) is 6.10 Å². The molecule has 2 aliphatic heterocycles. The monoisotopic (exact) mass is 484 g/mol. The van der Waals surface area contributed by atoms with E-state index in [0.29, 0.717) is 35.3 Å².